The van der Waals surface area contributed by atoms with E-state index in [0.717, 1.165) is 15.6 Å². The number of thiazole rings is 1. The molecule has 7 heteroatoms. The summed E-state index contributed by atoms with van der Waals surface area (Å²) in [6.07, 6.45) is 1.86. The molecule has 0 N–H and O–H groups in total. The van der Waals surface area contributed by atoms with Gasteiger partial charge in [0, 0.05) is 4.47 Å². The molecule has 0 aliphatic carbocycles. The summed E-state index contributed by atoms with van der Waals surface area (Å²) in [7, 11) is 0. The molecule has 0 unspecified atom stereocenters. The number of halogens is 1. The zero-order valence-electron chi connectivity index (χ0n) is 19.0. The Morgan fingerprint density at radius 1 is 1.18 bits per heavy atom. The number of rotatable bonds is 5. The van der Waals surface area contributed by atoms with Crippen LogP contribution in [0.5, 0.6) is 0 Å². The van der Waals surface area contributed by atoms with Crippen LogP contribution in [0.15, 0.2) is 74.1 Å². The van der Waals surface area contributed by atoms with Crippen molar-refractivity contribution in [3.63, 3.8) is 0 Å². The van der Waals surface area contributed by atoms with E-state index in [1.807, 2.05) is 42.5 Å². The van der Waals surface area contributed by atoms with Crippen molar-refractivity contribution in [2.45, 2.75) is 39.7 Å². The van der Waals surface area contributed by atoms with Crippen molar-refractivity contribution in [1.29, 1.82) is 0 Å². The van der Waals surface area contributed by atoms with Crippen LogP contribution in [0.2, 0.25) is 0 Å². The Morgan fingerprint density at radius 3 is 2.45 bits per heavy atom. The number of fused-ring (bicyclic) bond motifs is 1. The van der Waals surface area contributed by atoms with Gasteiger partial charge in [-0.1, -0.05) is 77.5 Å². The lowest BCUT2D eigenvalue weighted by molar-refractivity contribution is -0.139. The van der Waals surface area contributed by atoms with Gasteiger partial charge in [-0.3, -0.25) is 9.36 Å². The highest BCUT2D eigenvalue weighted by molar-refractivity contribution is 9.10. The first kappa shape index (κ1) is 23.4. The first-order chi connectivity index (χ1) is 15.8. The van der Waals surface area contributed by atoms with Gasteiger partial charge in [-0.15, -0.1) is 0 Å². The number of carbonyl (C=O) groups is 1. The van der Waals surface area contributed by atoms with Gasteiger partial charge in [0.25, 0.3) is 5.56 Å². The Morgan fingerprint density at radius 2 is 1.85 bits per heavy atom. The van der Waals surface area contributed by atoms with Crippen LogP contribution >= 0.6 is 27.3 Å². The average Bonchev–Trinajstić information content (AvgIpc) is 3.09. The molecule has 0 amide bonds. The molecule has 2 heterocycles. The summed E-state index contributed by atoms with van der Waals surface area (Å²) in [5.74, 6) is -0.0624. The third-order valence-electron chi connectivity index (χ3n) is 5.60. The van der Waals surface area contributed by atoms with Crippen molar-refractivity contribution >= 4 is 39.3 Å². The number of allylic oxidation sites excluding steroid dienone is 1. The maximum absolute atomic E-state index is 13.6. The number of hydrogen-bond acceptors (Lipinski definition) is 5. The second kappa shape index (κ2) is 9.61. The van der Waals surface area contributed by atoms with Crippen LogP contribution in [-0.4, -0.2) is 17.1 Å². The van der Waals surface area contributed by atoms with E-state index in [1.54, 1.807) is 18.4 Å². The molecule has 33 heavy (non-hydrogen) atoms. The van der Waals surface area contributed by atoms with Crippen molar-refractivity contribution < 1.29 is 9.53 Å². The fourth-order valence-electron chi connectivity index (χ4n) is 3.88. The van der Waals surface area contributed by atoms with Gasteiger partial charge in [-0.05, 0) is 54.7 Å². The number of aromatic nitrogens is 1. The predicted molar refractivity (Wildman–Crippen MR) is 135 cm³/mol. The standard InChI is InChI=1S/C26H25BrN2O3S/c1-5-32-25(31)22-16(4)28-26-29(23(22)19-10-8-18(9-11-19)15(2)3)24(30)21(33-26)14-17-6-12-20(27)13-7-17/h6-15,23H,5H2,1-4H3/b21-14-/t23-/m1/s1. The fourth-order valence-corrected chi connectivity index (χ4v) is 5.19. The summed E-state index contributed by atoms with van der Waals surface area (Å²) in [5, 5.41) is 0. The van der Waals surface area contributed by atoms with E-state index in [0.29, 0.717) is 26.5 Å². The average molecular weight is 525 g/mol. The highest BCUT2D eigenvalue weighted by Gasteiger charge is 2.33. The lowest BCUT2D eigenvalue weighted by Gasteiger charge is -2.25. The lowest BCUT2D eigenvalue weighted by Crippen LogP contribution is -2.39. The first-order valence-electron chi connectivity index (χ1n) is 10.8. The summed E-state index contributed by atoms with van der Waals surface area (Å²) in [6.45, 7) is 8.09. The smallest absolute Gasteiger partial charge is 0.338 e. The van der Waals surface area contributed by atoms with Gasteiger partial charge in [0.1, 0.15) is 0 Å². The van der Waals surface area contributed by atoms with Crippen LogP contribution in [0.3, 0.4) is 0 Å². The Balaban J connectivity index is 1.92. The van der Waals surface area contributed by atoms with Gasteiger partial charge in [-0.25, -0.2) is 9.79 Å². The minimum atomic E-state index is -0.589. The maximum atomic E-state index is 13.6. The van der Waals surface area contributed by atoms with Crippen LogP contribution in [0, 0.1) is 0 Å². The molecule has 170 valence electrons. The van der Waals surface area contributed by atoms with Crippen LogP contribution in [-0.2, 0) is 9.53 Å². The van der Waals surface area contributed by atoms with Gasteiger partial charge < -0.3 is 4.74 Å². The monoisotopic (exact) mass is 524 g/mol. The van der Waals surface area contributed by atoms with Gasteiger partial charge in [0.2, 0.25) is 0 Å². The third-order valence-corrected chi connectivity index (χ3v) is 7.12. The number of benzene rings is 2. The number of carbonyl (C=O) groups excluding carboxylic acids is 1. The molecular formula is C26H25BrN2O3S. The highest BCUT2D eigenvalue weighted by Crippen LogP contribution is 2.31. The van der Waals surface area contributed by atoms with E-state index in [2.05, 4.69) is 46.9 Å². The third kappa shape index (κ3) is 4.66. The zero-order chi connectivity index (χ0) is 23.7. The molecule has 2 aromatic carbocycles. The Kier molecular flexibility index (Phi) is 6.81. The topological polar surface area (TPSA) is 60.7 Å². The molecule has 1 aliphatic rings. The van der Waals surface area contributed by atoms with E-state index >= 15 is 0 Å². The summed E-state index contributed by atoms with van der Waals surface area (Å²) in [6, 6.07) is 15.3. The zero-order valence-corrected chi connectivity index (χ0v) is 21.4. The SMILES string of the molecule is CCOC(=O)C1=C(C)N=c2s/c(=C\c3ccc(Br)cc3)c(=O)n2[C@@H]1c1ccc(C(C)C)cc1. The number of ether oxygens (including phenoxy) is 1. The van der Waals surface area contributed by atoms with E-state index in [1.165, 1.54) is 16.9 Å². The predicted octanol–water partition coefficient (Wildman–Crippen LogP) is 4.68. The molecule has 1 aromatic heterocycles. The Bertz CT molecular complexity index is 1400. The lowest BCUT2D eigenvalue weighted by atomic mass is 9.93. The van der Waals surface area contributed by atoms with Gasteiger partial charge in [-0.2, -0.15) is 0 Å². The van der Waals surface area contributed by atoms with E-state index < -0.39 is 12.0 Å². The van der Waals surface area contributed by atoms with Crippen LogP contribution in [0.1, 0.15) is 56.3 Å². The van der Waals surface area contributed by atoms with Gasteiger partial charge in [0.15, 0.2) is 4.80 Å². The normalized spacial score (nSPS) is 16.1. The Hall–Kier alpha value is -2.77. The molecule has 4 rings (SSSR count). The van der Waals surface area contributed by atoms with E-state index in [9.17, 15) is 9.59 Å². The largest absolute Gasteiger partial charge is 0.463 e. The second-order valence-corrected chi connectivity index (χ2v) is 10.1. The van der Waals surface area contributed by atoms with Crippen molar-refractivity contribution in [2.75, 3.05) is 6.61 Å². The molecule has 5 nitrogen and oxygen atoms in total. The summed E-state index contributed by atoms with van der Waals surface area (Å²) >= 11 is 4.77. The number of nitrogens with zero attached hydrogens (tertiary/aromatic N) is 2. The van der Waals surface area contributed by atoms with Gasteiger partial charge >= 0.3 is 5.97 Å². The highest BCUT2D eigenvalue weighted by atomic mass is 79.9. The van der Waals surface area contributed by atoms with Crippen molar-refractivity contribution in [2.24, 2.45) is 4.99 Å². The summed E-state index contributed by atoms with van der Waals surface area (Å²) < 4.78 is 8.52. The molecule has 1 atom stereocenters. The maximum Gasteiger partial charge on any atom is 0.338 e. The van der Waals surface area contributed by atoms with Crippen LogP contribution in [0.4, 0.5) is 0 Å². The van der Waals surface area contributed by atoms with Gasteiger partial charge in [0.05, 0.1) is 28.5 Å². The van der Waals surface area contributed by atoms with E-state index in [4.69, 9.17) is 4.74 Å². The minimum absolute atomic E-state index is 0.172. The Labute approximate surface area is 204 Å². The summed E-state index contributed by atoms with van der Waals surface area (Å²) in [4.78, 5) is 31.7. The molecule has 3 aromatic rings. The molecule has 0 bridgehead atoms. The molecule has 0 radical (unpaired) electrons. The van der Waals surface area contributed by atoms with Crippen LogP contribution in [0.25, 0.3) is 6.08 Å². The van der Waals surface area contributed by atoms with Crippen molar-refractivity contribution in [3.8, 4) is 0 Å². The van der Waals surface area contributed by atoms with Crippen LogP contribution < -0.4 is 14.9 Å². The minimum Gasteiger partial charge on any atom is -0.463 e. The summed E-state index contributed by atoms with van der Waals surface area (Å²) in [5.41, 5.74) is 3.77. The van der Waals surface area contributed by atoms with Crippen molar-refractivity contribution in [1.82, 2.24) is 4.57 Å². The molecule has 0 spiro atoms. The molecule has 1 aliphatic heterocycles. The van der Waals surface area contributed by atoms with Crippen molar-refractivity contribution in [3.05, 3.63) is 101 Å². The number of hydrogen-bond donors (Lipinski definition) is 0. The van der Waals surface area contributed by atoms with E-state index in [-0.39, 0.29) is 12.2 Å². The quantitative estimate of drug-likeness (QED) is 0.455. The molecule has 0 saturated carbocycles. The number of esters is 1. The molecule has 0 fully saturated rings. The molecular weight excluding hydrogens is 500 g/mol. The second-order valence-electron chi connectivity index (χ2n) is 8.18. The fraction of sp³-hybridized carbons (Fsp3) is 0.269. The molecule has 0 saturated heterocycles. The first-order valence-corrected chi connectivity index (χ1v) is 12.5.